The average Bonchev–Trinajstić information content (AvgIpc) is 3.19. The van der Waals surface area contributed by atoms with E-state index in [1.165, 1.54) is 22.2 Å². The summed E-state index contributed by atoms with van der Waals surface area (Å²) >= 11 is 7.47. The van der Waals surface area contributed by atoms with Crippen molar-refractivity contribution in [1.29, 1.82) is 0 Å². The molecule has 0 saturated heterocycles. The molecule has 0 radical (unpaired) electrons. The molecule has 0 aliphatic carbocycles. The minimum atomic E-state index is -0.374. The van der Waals surface area contributed by atoms with Crippen LogP contribution in [0.2, 0.25) is 5.02 Å². The number of aromatic nitrogens is 2. The third-order valence-corrected chi connectivity index (χ3v) is 5.50. The maximum absolute atomic E-state index is 12.8. The van der Waals surface area contributed by atoms with E-state index in [2.05, 4.69) is 10.3 Å². The monoisotopic (exact) mass is 409 g/mol. The quantitative estimate of drug-likeness (QED) is 0.541. The number of nitrogens with one attached hydrogen (secondary N) is 1. The minimum Gasteiger partial charge on any atom is -0.344 e. The molecular weight excluding hydrogens is 394 g/mol. The number of hydrogen-bond donors (Lipinski definition) is 1. The molecule has 2 aromatic carbocycles. The molecule has 140 valence electrons. The van der Waals surface area contributed by atoms with Crippen molar-refractivity contribution in [3.05, 3.63) is 98.9 Å². The summed E-state index contributed by atoms with van der Waals surface area (Å²) in [4.78, 5) is 29.5. The molecule has 0 unspecified atom stereocenters. The van der Waals surface area contributed by atoms with Crippen molar-refractivity contribution < 1.29 is 4.79 Å². The van der Waals surface area contributed by atoms with Crippen LogP contribution in [0, 0.1) is 0 Å². The Morgan fingerprint density at radius 3 is 2.68 bits per heavy atom. The number of thiophene rings is 1. The molecule has 4 rings (SSSR count). The molecule has 1 amide bonds. The van der Waals surface area contributed by atoms with Crippen LogP contribution >= 0.6 is 22.9 Å². The zero-order chi connectivity index (χ0) is 19.5. The number of nitrogens with zero attached hydrogens (tertiary/aromatic N) is 2. The van der Waals surface area contributed by atoms with Crippen molar-refractivity contribution in [3.63, 3.8) is 0 Å². The number of rotatable bonds is 5. The molecule has 5 nitrogen and oxygen atoms in total. The normalized spacial score (nSPS) is 12.0. The SMILES string of the molecule is O=C(Cn1cnc2ccsc2c1=O)N[C@@H](c1ccccc1)c1cccc(Cl)c1. The Labute approximate surface area is 170 Å². The summed E-state index contributed by atoms with van der Waals surface area (Å²) in [6, 6.07) is 18.4. The zero-order valence-corrected chi connectivity index (χ0v) is 16.3. The topological polar surface area (TPSA) is 64.0 Å². The number of hydrogen-bond acceptors (Lipinski definition) is 4. The molecule has 0 fully saturated rings. The minimum absolute atomic E-state index is 0.108. The molecule has 2 heterocycles. The molecule has 0 aliphatic heterocycles. The fourth-order valence-electron chi connectivity index (χ4n) is 3.04. The van der Waals surface area contributed by atoms with E-state index in [1.807, 2.05) is 53.9 Å². The fourth-order valence-corrected chi connectivity index (χ4v) is 4.04. The summed E-state index contributed by atoms with van der Waals surface area (Å²) in [5.41, 5.74) is 2.23. The largest absolute Gasteiger partial charge is 0.344 e. The van der Waals surface area contributed by atoms with Crippen molar-refractivity contribution in [2.24, 2.45) is 0 Å². The van der Waals surface area contributed by atoms with Crippen LogP contribution < -0.4 is 10.9 Å². The van der Waals surface area contributed by atoms with Gasteiger partial charge in [-0.1, -0.05) is 54.1 Å². The van der Waals surface area contributed by atoms with Crippen LogP contribution in [0.4, 0.5) is 0 Å². The highest BCUT2D eigenvalue weighted by Gasteiger charge is 2.18. The highest BCUT2D eigenvalue weighted by molar-refractivity contribution is 7.17. The summed E-state index contributed by atoms with van der Waals surface area (Å²) in [6.45, 7) is -0.108. The molecule has 28 heavy (non-hydrogen) atoms. The van der Waals surface area contributed by atoms with Gasteiger partial charge < -0.3 is 5.32 Å². The van der Waals surface area contributed by atoms with E-state index < -0.39 is 0 Å². The van der Waals surface area contributed by atoms with Crippen LogP contribution in [-0.4, -0.2) is 15.5 Å². The third-order valence-electron chi connectivity index (χ3n) is 4.37. The second-order valence-corrected chi connectivity index (χ2v) is 7.63. The fraction of sp³-hybridized carbons (Fsp3) is 0.0952. The standard InChI is InChI=1S/C21H16ClN3O2S/c22-16-8-4-7-15(11-16)19(14-5-2-1-3-6-14)24-18(26)12-25-13-23-17-9-10-28-20(17)21(25)27/h1-11,13,19H,12H2,(H,24,26)/t19-/m0/s1. The molecule has 0 aliphatic rings. The van der Waals surface area contributed by atoms with E-state index in [-0.39, 0.29) is 24.1 Å². The summed E-state index contributed by atoms with van der Waals surface area (Å²) < 4.78 is 1.87. The zero-order valence-electron chi connectivity index (χ0n) is 14.7. The van der Waals surface area contributed by atoms with E-state index >= 15 is 0 Å². The summed E-state index contributed by atoms with van der Waals surface area (Å²) in [7, 11) is 0. The van der Waals surface area contributed by atoms with Crippen molar-refractivity contribution in [2.75, 3.05) is 0 Å². The molecule has 1 atom stereocenters. The summed E-state index contributed by atoms with van der Waals surface area (Å²) in [5, 5.41) is 5.42. The smallest absolute Gasteiger partial charge is 0.271 e. The van der Waals surface area contributed by atoms with Gasteiger partial charge in [-0.15, -0.1) is 11.3 Å². The first-order chi connectivity index (χ1) is 13.6. The van der Waals surface area contributed by atoms with E-state index in [9.17, 15) is 9.59 Å². The van der Waals surface area contributed by atoms with Gasteiger partial charge in [0.05, 0.1) is 17.9 Å². The first kappa shape index (κ1) is 18.4. The molecule has 0 spiro atoms. The molecule has 4 aromatic rings. The second kappa shape index (κ2) is 7.96. The Hall–Kier alpha value is -2.96. The number of benzene rings is 2. The van der Waals surface area contributed by atoms with Crippen LogP contribution in [0.25, 0.3) is 10.2 Å². The molecule has 7 heteroatoms. The number of amides is 1. The molecule has 1 N–H and O–H groups in total. The van der Waals surface area contributed by atoms with Gasteiger partial charge in [0.2, 0.25) is 5.91 Å². The van der Waals surface area contributed by atoms with Gasteiger partial charge >= 0.3 is 0 Å². The van der Waals surface area contributed by atoms with Crippen LogP contribution in [0.15, 0.2) is 77.2 Å². The second-order valence-electron chi connectivity index (χ2n) is 6.28. The molecule has 0 bridgehead atoms. The van der Waals surface area contributed by atoms with Gasteiger partial charge in [0.25, 0.3) is 5.56 Å². The first-order valence-electron chi connectivity index (χ1n) is 8.64. The predicted molar refractivity (Wildman–Crippen MR) is 112 cm³/mol. The van der Waals surface area contributed by atoms with E-state index in [0.717, 1.165) is 11.1 Å². The van der Waals surface area contributed by atoms with Crippen LogP contribution in [-0.2, 0) is 11.3 Å². The van der Waals surface area contributed by atoms with E-state index in [1.54, 1.807) is 12.1 Å². The lowest BCUT2D eigenvalue weighted by Crippen LogP contribution is -2.35. The molecule has 0 saturated carbocycles. The Kier molecular flexibility index (Phi) is 5.23. The highest BCUT2D eigenvalue weighted by atomic mass is 35.5. The average molecular weight is 410 g/mol. The van der Waals surface area contributed by atoms with Gasteiger partial charge in [-0.2, -0.15) is 0 Å². The molecular formula is C21H16ClN3O2S. The Morgan fingerprint density at radius 2 is 1.89 bits per heavy atom. The van der Waals surface area contributed by atoms with Crippen molar-refractivity contribution in [2.45, 2.75) is 12.6 Å². The molecule has 2 aromatic heterocycles. The number of fused-ring (bicyclic) bond motifs is 1. The van der Waals surface area contributed by atoms with E-state index in [0.29, 0.717) is 15.2 Å². The van der Waals surface area contributed by atoms with Gasteiger partial charge in [-0.3, -0.25) is 14.2 Å². The van der Waals surface area contributed by atoms with Crippen LogP contribution in [0.1, 0.15) is 17.2 Å². The van der Waals surface area contributed by atoms with Crippen LogP contribution in [0.3, 0.4) is 0 Å². The lowest BCUT2D eigenvalue weighted by atomic mass is 9.98. The number of carbonyl (C=O) groups is 1. The Bertz CT molecular complexity index is 1190. The first-order valence-corrected chi connectivity index (χ1v) is 9.90. The van der Waals surface area contributed by atoms with Crippen molar-refractivity contribution >= 4 is 39.1 Å². The lowest BCUT2D eigenvalue weighted by molar-refractivity contribution is -0.122. The van der Waals surface area contributed by atoms with E-state index in [4.69, 9.17) is 11.6 Å². The third kappa shape index (κ3) is 3.83. The Morgan fingerprint density at radius 1 is 1.11 bits per heavy atom. The van der Waals surface area contributed by atoms with Crippen molar-refractivity contribution in [1.82, 2.24) is 14.9 Å². The maximum Gasteiger partial charge on any atom is 0.271 e. The Balaban J connectivity index is 1.62. The summed E-state index contributed by atoms with van der Waals surface area (Å²) in [6.07, 6.45) is 1.41. The summed E-state index contributed by atoms with van der Waals surface area (Å²) in [5.74, 6) is -0.284. The van der Waals surface area contributed by atoms with Crippen LogP contribution in [0.5, 0.6) is 0 Å². The van der Waals surface area contributed by atoms with Crippen molar-refractivity contribution in [3.8, 4) is 0 Å². The number of carbonyl (C=O) groups excluding carboxylic acids is 1. The van der Waals surface area contributed by atoms with Gasteiger partial charge in [0.1, 0.15) is 11.2 Å². The number of halogens is 1. The van der Waals surface area contributed by atoms with Gasteiger partial charge in [0.15, 0.2) is 0 Å². The van der Waals surface area contributed by atoms with Gasteiger partial charge in [-0.05, 0) is 34.7 Å². The highest BCUT2D eigenvalue weighted by Crippen LogP contribution is 2.24. The van der Waals surface area contributed by atoms with Gasteiger partial charge in [0, 0.05) is 5.02 Å². The predicted octanol–water partition coefficient (Wildman–Crippen LogP) is 4.02. The lowest BCUT2D eigenvalue weighted by Gasteiger charge is -2.20. The maximum atomic E-state index is 12.8. The van der Waals surface area contributed by atoms with Gasteiger partial charge in [-0.25, -0.2) is 4.98 Å².